The molecule has 0 aliphatic carbocycles. The van der Waals surface area contributed by atoms with E-state index in [1.165, 1.54) is 135 Å². The molecule has 0 bridgehead atoms. The Bertz CT molecular complexity index is 751. The van der Waals surface area contributed by atoms with E-state index in [1.54, 1.807) is 0 Å². The molecule has 0 aromatic rings. The summed E-state index contributed by atoms with van der Waals surface area (Å²) in [6.45, 7) is 8.95. The Morgan fingerprint density at radius 3 is 0.980 bits per heavy atom. The molecular weight excluding hydrogens is 624 g/mol. The lowest BCUT2D eigenvalue weighted by atomic mass is 10.0. The van der Waals surface area contributed by atoms with Gasteiger partial charge in [-0.15, -0.1) is 0 Å². The normalized spacial score (nSPS) is 11.9. The summed E-state index contributed by atoms with van der Waals surface area (Å²) in [4.78, 5) is 37.5. The molecule has 6 heteroatoms. The summed E-state index contributed by atoms with van der Waals surface area (Å²) in [6, 6.07) is 0. The number of rotatable bonds is 39. The lowest BCUT2D eigenvalue weighted by molar-refractivity contribution is -0.167. The van der Waals surface area contributed by atoms with Crippen LogP contribution in [0.5, 0.6) is 0 Å². The van der Waals surface area contributed by atoms with E-state index in [2.05, 4.69) is 27.7 Å². The minimum Gasteiger partial charge on any atom is -0.462 e. The molecule has 0 saturated carbocycles. The van der Waals surface area contributed by atoms with Crippen molar-refractivity contribution in [3.05, 3.63) is 0 Å². The van der Waals surface area contributed by atoms with Crippen molar-refractivity contribution in [1.82, 2.24) is 0 Å². The molecule has 50 heavy (non-hydrogen) atoms. The highest BCUT2D eigenvalue weighted by molar-refractivity contribution is 5.71. The van der Waals surface area contributed by atoms with Crippen LogP contribution in [0.25, 0.3) is 0 Å². The van der Waals surface area contributed by atoms with Crippen LogP contribution in [0, 0.1) is 5.92 Å². The number of esters is 3. The van der Waals surface area contributed by atoms with E-state index >= 15 is 0 Å². The second kappa shape index (κ2) is 38.6. The Hall–Kier alpha value is -1.59. The van der Waals surface area contributed by atoms with Crippen molar-refractivity contribution in [2.45, 2.75) is 246 Å². The maximum absolute atomic E-state index is 12.7. The van der Waals surface area contributed by atoms with Gasteiger partial charge in [-0.3, -0.25) is 14.4 Å². The molecule has 0 aliphatic heterocycles. The maximum atomic E-state index is 12.7. The average molecular weight is 709 g/mol. The summed E-state index contributed by atoms with van der Waals surface area (Å²) < 4.78 is 16.7. The molecule has 0 rings (SSSR count). The van der Waals surface area contributed by atoms with E-state index < -0.39 is 6.10 Å². The van der Waals surface area contributed by atoms with Crippen molar-refractivity contribution in [1.29, 1.82) is 0 Å². The molecule has 0 amide bonds. The summed E-state index contributed by atoms with van der Waals surface area (Å²) >= 11 is 0. The summed E-state index contributed by atoms with van der Waals surface area (Å²) in [6.07, 6.45) is 36.6. The van der Waals surface area contributed by atoms with E-state index in [1.807, 2.05) is 0 Å². The standard InChI is InChI=1S/C44H84O6/c1-5-7-9-11-13-15-20-24-28-32-36-43(46)49-39-41(38-48-42(45)35-31-27-23-18-14-12-10-8-6-2)50-44(47)37-33-29-25-21-17-16-19-22-26-30-34-40(3)4/h40-41H,5-39H2,1-4H3/t41-/m0/s1. The van der Waals surface area contributed by atoms with Crippen LogP contribution >= 0.6 is 0 Å². The van der Waals surface area contributed by atoms with Gasteiger partial charge in [-0.2, -0.15) is 0 Å². The van der Waals surface area contributed by atoms with Gasteiger partial charge in [0.2, 0.25) is 0 Å². The quantitative estimate of drug-likeness (QED) is 0.0359. The molecule has 0 fully saturated rings. The minimum atomic E-state index is -0.758. The fraction of sp³-hybridized carbons (Fsp3) is 0.932. The largest absolute Gasteiger partial charge is 0.462 e. The third-order valence-electron chi connectivity index (χ3n) is 9.79. The monoisotopic (exact) mass is 709 g/mol. The highest BCUT2D eigenvalue weighted by atomic mass is 16.6. The first-order chi connectivity index (χ1) is 24.4. The predicted octanol–water partition coefficient (Wildman–Crippen LogP) is 13.6. The van der Waals surface area contributed by atoms with Crippen molar-refractivity contribution in [3.8, 4) is 0 Å². The van der Waals surface area contributed by atoms with Gasteiger partial charge in [0.25, 0.3) is 0 Å². The van der Waals surface area contributed by atoms with Crippen LogP contribution < -0.4 is 0 Å². The highest BCUT2D eigenvalue weighted by Crippen LogP contribution is 2.16. The van der Waals surface area contributed by atoms with Gasteiger partial charge in [0, 0.05) is 19.3 Å². The Labute approximate surface area is 310 Å². The van der Waals surface area contributed by atoms with Crippen LogP contribution in [0.1, 0.15) is 240 Å². The van der Waals surface area contributed by atoms with Gasteiger partial charge in [-0.05, 0) is 25.2 Å². The van der Waals surface area contributed by atoms with Crippen LogP contribution in [0.2, 0.25) is 0 Å². The second-order valence-corrected chi connectivity index (χ2v) is 15.5. The molecule has 0 unspecified atom stereocenters. The van der Waals surface area contributed by atoms with Gasteiger partial charge in [0.05, 0.1) is 0 Å². The van der Waals surface area contributed by atoms with Crippen molar-refractivity contribution < 1.29 is 28.6 Å². The van der Waals surface area contributed by atoms with Crippen molar-refractivity contribution in [3.63, 3.8) is 0 Å². The second-order valence-electron chi connectivity index (χ2n) is 15.5. The summed E-state index contributed by atoms with van der Waals surface area (Å²) in [5.41, 5.74) is 0. The van der Waals surface area contributed by atoms with Gasteiger partial charge in [-0.25, -0.2) is 0 Å². The Kier molecular flexibility index (Phi) is 37.4. The molecule has 0 heterocycles. The Morgan fingerprint density at radius 1 is 0.380 bits per heavy atom. The summed E-state index contributed by atoms with van der Waals surface area (Å²) in [5, 5.41) is 0. The Balaban J connectivity index is 4.33. The molecule has 0 radical (unpaired) electrons. The first kappa shape index (κ1) is 48.4. The molecule has 0 aromatic heterocycles. The molecule has 0 saturated heterocycles. The topological polar surface area (TPSA) is 78.9 Å². The van der Waals surface area contributed by atoms with E-state index in [-0.39, 0.29) is 31.1 Å². The smallest absolute Gasteiger partial charge is 0.306 e. The number of carbonyl (C=O) groups is 3. The zero-order valence-corrected chi connectivity index (χ0v) is 33.9. The van der Waals surface area contributed by atoms with Gasteiger partial charge in [0.15, 0.2) is 6.10 Å². The predicted molar refractivity (Wildman–Crippen MR) is 210 cm³/mol. The molecule has 0 N–H and O–H groups in total. The molecule has 1 atom stereocenters. The minimum absolute atomic E-state index is 0.0644. The van der Waals surface area contributed by atoms with E-state index in [9.17, 15) is 14.4 Å². The zero-order valence-electron chi connectivity index (χ0n) is 33.9. The summed E-state index contributed by atoms with van der Waals surface area (Å²) in [7, 11) is 0. The lowest BCUT2D eigenvalue weighted by Gasteiger charge is -2.18. The molecule has 6 nitrogen and oxygen atoms in total. The van der Waals surface area contributed by atoms with Gasteiger partial charge < -0.3 is 14.2 Å². The van der Waals surface area contributed by atoms with Gasteiger partial charge in [0.1, 0.15) is 13.2 Å². The van der Waals surface area contributed by atoms with Crippen molar-refractivity contribution >= 4 is 17.9 Å². The van der Waals surface area contributed by atoms with Gasteiger partial charge >= 0.3 is 17.9 Å². The van der Waals surface area contributed by atoms with Gasteiger partial charge in [-0.1, -0.05) is 201 Å². The fourth-order valence-electron chi connectivity index (χ4n) is 6.45. The van der Waals surface area contributed by atoms with Crippen molar-refractivity contribution in [2.75, 3.05) is 13.2 Å². The van der Waals surface area contributed by atoms with Crippen LogP contribution in [-0.4, -0.2) is 37.2 Å². The lowest BCUT2D eigenvalue weighted by Crippen LogP contribution is -2.30. The SMILES string of the molecule is CCCCCCCCCCCCC(=O)OC[C@H](COC(=O)CCCCCCCCCCC)OC(=O)CCCCCCCCCCCCC(C)C. The molecule has 0 aromatic carbocycles. The average Bonchev–Trinajstić information content (AvgIpc) is 3.09. The van der Waals surface area contributed by atoms with E-state index in [0.29, 0.717) is 19.3 Å². The Morgan fingerprint density at radius 2 is 0.660 bits per heavy atom. The number of hydrogen-bond acceptors (Lipinski definition) is 6. The molecular formula is C44H84O6. The zero-order chi connectivity index (χ0) is 36.8. The highest BCUT2D eigenvalue weighted by Gasteiger charge is 2.19. The first-order valence-corrected chi connectivity index (χ1v) is 21.9. The third kappa shape index (κ3) is 37.7. The fourth-order valence-corrected chi connectivity index (χ4v) is 6.45. The summed E-state index contributed by atoms with van der Waals surface area (Å²) in [5.74, 6) is -0.0444. The third-order valence-corrected chi connectivity index (χ3v) is 9.79. The first-order valence-electron chi connectivity index (χ1n) is 21.9. The maximum Gasteiger partial charge on any atom is 0.306 e. The van der Waals surface area contributed by atoms with Crippen molar-refractivity contribution in [2.24, 2.45) is 5.92 Å². The number of unbranched alkanes of at least 4 members (excludes halogenated alkanes) is 26. The van der Waals surface area contributed by atoms with Crippen LogP contribution in [0.4, 0.5) is 0 Å². The molecule has 0 spiro atoms. The number of ether oxygens (including phenoxy) is 3. The van der Waals surface area contributed by atoms with E-state index in [0.717, 1.165) is 63.7 Å². The van der Waals surface area contributed by atoms with Crippen LogP contribution in [-0.2, 0) is 28.6 Å². The van der Waals surface area contributed by atoms with E-state index in [4.69, 9.17) is 14.2 Å². The number of carbonyl (C=O) groups excluding carboxylic acids is 3. The number of hydrogen-bond donors (Lipinski definition) is 0. The molecule has 296 valence electrons. The molecule has 0 aliphatic rings. The van der Waals surface area contributed by atoms with Crippen LogP contribution in [0.15, 0.2) is 0 Å². The van der Waals surface area contributed by atoms with Crippen LogP contribution in [0.3, 0.4) is 0 Å².